The van der Waals surface area contributed by atoms with Crippen LogP contribution < -0.4 is 9.47 Å². The summed E-state index contributed by atoms with van der Waals surface area (Å²) in [6.07, 6.45) is 2.07. The van der Waals surface area contributed by atoms with Gasteiger partial charge in [0.05, 0.1) is 12.0 Å². The summed E-state index contributed by atoms with van der Waals surface area (Å²) in [7, 11) is 0. The van der Waals surface area contributed by atoms with E-state index in [-0.39, 0.29) is 26.5 Å². The Balaban J connectivity index is 0.00000320. The highest BCUT2D eigenvalue weighted by molar-refractivity contribution is 5.96. The lowest BCUT2D eigenvalue weighted by Gasteiger charge is -2.20. The van der Waals surface area contributed by atoms with Gasteiger partial charge in [-0.3, -0.25) is 9.59 Å². The van der Waals surface area contributed by atoms with Gasteiger partial charge >= 0.3 is 0 Å². The molecular weight excluding hydrogens is 454 g/mol. The fraction of sp³-hybridized carbons (Fsp3) is 0.333. The molecule has 1 fully saturated rings. The molecule has 0 bridgehead atoms. The molecule has 1 N–H and O–H groups in total. The topological polar surface area (TPSA) is 76.1 Å². The van der Waals surface area contributed by atoms with E-state index in [1.54, 1.807) is 4.90 Å². The van der Waals surface area contributed by atoms with Gasteiger partial charge in [0.2, 0.25) is 6.79 Å². The molecule has 6 heteroatoms. The van der Waals surface area contributed by atoms with Gasteiger partial charge in [-0.05, 0) is 78.8 Å². The predicted molar refractivity (Wildman–Crippen MR) is 140 cm³/mol. The van der Waals surface area contributed by atoms with Gasteiger partial charge in [0.25, 0.3) is 5.91 Å². The summed E-state index contributed by atoms with van der Waals surface area (Å²) in [5, 5.41) is 9.20. The summed E-state index contributed by atoms with van der Waals surface area (Å²) in [6, 6.07) is 19.6. The van der Waals surface area contributed by atoms with E-state index < -0.39 is 5.41 Å². The van der Waals surface area contributed by atoms with Crippen LogP contribution in [0.3, 0.4) is 0 Å². The molecular formula is C30H33NO5. The Morgan fingerprint density at radius 3 is 2.44 bits per heavy atom. The number of aliphatic hydroxyl groups is 1. The fourth-order valence-electron chi connectivity index (χ4n) is 4.99. The van der Waals surface area contributed by atoms with Crippen LogP contribution in [0.5, 0.6) is 11.5 Å². The number of hydrogen-bond acceptors (Lipinski definition) is 5. The van der Waals surface area contributed by atoms with Crippen LogP contribution in [0.1, 0.15) is 48.2 Å². The highest BCUT2D eigenvalue weighted by Crippen LogP contribution is 2.51. The maximum atomic E-state index is 13.5. The van der Waals surface area contributed by atoms with E-state index in [0.29, 0.717) is 30.8 Å². The third kappa shape index (κ3) is 4.49. The van der Waals surface area contributed by atoms with Crippen molar-refractivity contribution in [2.24, 2.45) is 0 Å². The van der Waals surface area contributed by atoms with Crippen LogP contribution in [0.25, 0.3) is 11.1 Å². The third-order valence-corrected chi connectivity index (χ3v) is 7.36. The number of amides is 1. The molecule has 0 spiro atoms. The lowest BCUT2D eigenvalue weighted by molar-refractivity contribution is -0.120. The molecule has 0 saturated heterocycles. The Morgan fingerprint density at radius 1 is 1.00 bits per heavy atom. The Hall–Kier alpha value is -3.64. The van der Waals surface area contributed by atoms with Crippen molar-refractivity contribution in [1.29, 1.82) is 0 Å². The van der Waals surface area contributed by atoms with Gasteiger partial charge < -0.3 is 19.5 Å². The van der Waals surface area contributed by atoms with Crippen molar-refractivity contribution in [2.45, 2.75) is 38.5 Å². The van der Waals surface area contributed by atoms with Crippen molar-refractivity contribution >= 4 is 11.7 Å². The number of nitrogens with zero attached hydrogens (tertiary/aromatic N) is 1. The van der Waals surface area contributed by atoms with Crippen LogP contribution in [-0.2, 0) is 16.6 Å². The second kappa shape index (κ2) is 9.78. The van der Waals surface area contributed by atoms with Gasteiger partial charge in [-0.25, -0.2) is 0 Å². The highest BCUT2D eigenvalue weighted by Gasteiger charge is 2.50. The Kier molecular flexibility index (Phi) is 6.54. The molecule has 3 aromatic rings. The lowest BCUT2D eigenvalue weighted by Crippen LogP contribution is -2.33. The third-order valence-electron chi connectivity index (χ3n) is 7.36. The van der Waals surface area contributed by atoms with E-state index in [0.717, 1.165) is 46.4 Å². The molecule has 3 aromatic carbocycles. The summed E-state index contributed by atoms with van der Waals surface area (Å²) in [5.74, 6) is 1.58. The van der Waals surface area contributed by atoms with Crippen molar-refractivity contribution in [1.82, 2.24) is 4.90 Å². The van der Waals surface area contributed by atoms with Crippen LogP contribution in [0, 0.1) is 6.92 Å². The van der Waals surface area contributed by atoms with Gasteiger partial charge in [0.1, 0.15) is 5.78 Å². The van der Waals surface area contributed by atoms with Crippen molar-refractivity contribution in [2.75, 3.05) is 26.5 Å². The van der Waals surface area contributed by atoms with Crippen molar-refractivity contribution in [3.8, 4) is 22.6 Å². The maximum absolute atomic E-state index is 13.5. The zero-order valence-corrected chi connectivity index (χ0v) is 20.8. The lowest BCUT2D eigenvalue weighted by atomic mass is 9.87. The first kappa shape index (κ1) is 24.1. The molecule has 1 saturated carbocycles. The van der Waals surface area contributed by atoms with Crippen LogP contribution in [0.15, 0.2) is 60.7 Å². The zero-order chi connectivity index (χ0) is 25.3. The van der Waals surface area contributed by atoms with Crippen molar-refractivity contribution < 1.29 is 25.6 Å². The molecule has 1 aliphatic carbocycles. The summed E-state index contributed by atoms with van der Waals surface area (Å²) in [4.78, 5) is 27.8. The van der Waals surface area contributed by atoms with Crippen LogP contribution >= 0.6 is 0 Å². The van der Waals surface area contributed by atoms with Crippen LogP contribution in [0.4, 0.5) is 0 Å². The number of aliphatic hydroxyl groups excluding tert-OH is 1. The number of likely N-dealkylation sites (N-methyl/N-ethyl adjacent to an activating group) is 1. The van der Waals surface area contributed by atoms with E-state index in [2.05, 4.69) is 19.1 Å². The first-order valence-electron chi connectivity index (χ1n) is 12.5. The summed E-state index contributed by atoms with van der Waals surface area (Å²) in [5.41, 5.74) is 5.30. The highest BCUT2D eigenvalue weighted by atomic mass is 16.7. The molecule has 1 aliphatic heterocycles. The number of carbonyl (C=O) groups excluding carboxylic acids is 2. The number of fused-ring (bicyclic) bond motifs is 1. The van der Waals surface area contributed by atoms with Crippen molar-refractivity contribution in [3.63, 3.8) is 0 Å². The first-order valence-corrected chi connectivity index (χ1v) is 12.5. The Bertz CT molecular complexity index is 1300. The molecule has 0 unspecified atom stereocenters. The van der Waals surface area contributed by atoms with Crippen LogP contribution in [0.2, 0.25) is 0 Å². The number of benzene rings is 3. The molecule has 0 atom stereocenters. The minimum atomic E-state index is -0.437. The molecule has 6 nitrogen and oxygen atoms in total. The number of aryl methyl sites for hydroxylation is 1. The Morgan fingerprint density at radius 2 is 1.75 bits per heavy atom. The Labute approximate surface area is 213 Å². The average molecular weight is 488 g/mol. The molecule has 0 radical (unpaired) electrons. The molecule has 5 rings (SSSR count). The maximum Gasteiger partial charge on any atom is 0.253 e. The molecule has 188 valence electrons. The van der Waals surface area contributed by atoms with E-state index in [4.69, 9.17) is 9.47 Å². The fourth-order valence-corrected chi connectivity index (χ4v) is 4.99. The first-order chi connectivity index (χ1) is 17.4. The molecule has 1 heterocycles. The summed E-state index contributed by atoms with van der Waals surface area (Å²) >= 11 is 0. The van der Waals surface area contributed by atoms with E-state index >= 15 is 0 Å². The van der Waals surface area contributed by atoms with Crippen molar-refractivity contribution in [3.05, 3.63) is 82.9 Å². The number of rotatable bonds is 9. The van der Waals surface area contributed by atoms with Crippen LogP contribution in [-0.4, -0.2) is 48.2 Å². The normalized spacial score (nSPS) is 15.0. The van der Waals surface area contributed by atoms with Gasteiger partial charge in [0, 0.05) is 26.5 Å². The van der Waals surface area contributed by atoms with Gasteiger partial charge in [-0.15, -0.1) is 0 Å². The number of carbonyl (C=O) groups is 2. The van der Waals surface area contributed by atoms with Gasteiger partial charge in [0.15, 0.2) is 11.5 Å². The molecule has 2 aliphatic rings. The van der Waals surface area contributed by atoms with Gasteiger partial charge in [-0.1, -0.05) is 36.4 Å². The monoisotopic (exact) mass is 487 g/mol. The second-order valence-corrected chi connectivity index (χ2v) is 9.59. The number of hydrogen-bond donors (Lipinski definition) is 1. The quantitative estimate of drug-likeness (QED) is 0.463. The summed E-state index contributed by atoms with van der Waals surface area (Å²) in [6.45, 7) is 4.98. The summed E-state index contributed by atoms with van der Waals surface area (Å²) < 4.78 is 10.9. The standard InChI is InChI=1S/C30H31NO5.H2/c1-3-31(14-15-32)29(34)23-8-6-22(7-9-23)25-16-21(5-4-20(25)2)17-28(33)30(12-13-30)24-10-11-26-27(18-24)36-19-35-26;/h4-11,16,18,32H,3,12-15,17,19H2,1-2H3;1H. The average Bonchev–Trinajstić information content (AvgIpc) is 3.58. The second-order valence-electron chi connectivity index (χ2n) is 9.59. The minimum absolute atomic E-state index is 0. The minimum Gasteiger partial charge on any atom is -0.454 e. The zero-order valence-electron chi connectivity index (χ0n) is 20.8. The van der Waals surface area contributed by atoms with E-state index in [1.807, 2.05) is 55.5 Å². The predicted octanol–water partition coefficient (Wildman–Crippen LogP) is 4.93. The number of Topliss-reactive ketones (excluding diaryl/α,β-unsaturated/α-hetero) is 1. The van der Waals surface area contributed by atoms with E-state index in [1.165, 1.54) is 0 Å². The van der Waals surface area contributed by atoms with E-state index in [9.17, 15) is 14.7 Å². The molecule has 1 amide bonds. The smallest absolute Gasteiger partial charge is 0.253 e. The SMILES string of the molecule is CCN(CCO)C(=O)c1ccc(-c2cc(CC(=O)C3(c4ccc5c(c4)OCO5)CC3)ccc2C)cc1.[HH]. The molecule has 36 heavy (non-hydrogen) atoms. The number of ketones is 1. The van der Waals surface area contributed by atoms with Gasteiger partial charge in [-0.2, -0.15) is 0 Å². The molecule has 0 aromatic heterocycles. The largest absolute Gasteiger partial charge is 0.454 e. The number of ether oxygens (including phenoxy) is 2.